The lowest BCUT2D eigenvalue weighted by molar-refractivity contribution is 0.730. The van der Waals surface area contributed by atoms with E-state index in [1.54, 1.807) is 7.05 Å². The molecule has 11 heavy (non-hydrogen) atoms. The molecule has 0 unspecified atom stereocenters. The normalized spacial score (nSPS) is 10.0. The Bertz CT molecular complexity index is 317. The smallest absolute Gasteiger partial charge is 0.276 e. The van der Waals surface area contributed by atoms with Gasteiger partial charge in [-0.2, -0.15) is 0 Å². The van der Waals surface area contributed by atoms with Crippen molar-refractivity contribution >= 4 is 5.69 Å². The zero-order valence-electron chi connectivity index (χ0n) is 6.24. The van der Waals surface area contributed by atoms with Crippen molar-refractivity contribution in [2.24, 2.45) is 12.8 Å². The van der Waals surface area contributed by atoms with Crippen molar-refractivity contribution in [2.75, 3.05) is 5.73 Å². The second-order valence-electron chi connectivity index (χ2n) is 2.20. The number of nitrogen functional groups attached to an aromatic ring is 1. The minimum absolute atomic E-state index is 0.143. The van der Waals surface area contributed by atoms with Gasteiger partial charge in [-0.05, 0) is 0 Å². The van der Waals surface area contributed by atoms with Gasteiger partial charge in [0, 0.05) is 7.05 Å². The molecule has 5 nitrogen and oxygen atoms in total. The number of nitrogens with two attached hydrogens (primary N) is 2. The van der Waals surface area contributed by atoms with Gasteiger partial charge in [0.15, 0.2) is 0 Å². The molecule has 0 spiro atoms. The summed E-state index contributed by atoms with van der Waals surface area (Å²) in [5.41, 5.74) is 10.5. The monoisotopic (exact) mass is 154 g/mol. The van der Waals surface area contributed by atoms with Gasteiger partial charge < -0.3 is 11.5 Å². The summed E-state index contributed by atoms with van der Waals surface area (Å²) >= 11 is 0. The third-order valence-electron chi connectivity index (χ3n) is 1.47. The first-order valence-electron chi connectivity index (χ1n) is 3.17. The minimum atomic E-state index is -0.250. The highest BCUT2D eigenvalue weighted by atomic mass is 16.1. The van der Waals surface area contributed by atoms with Gasteiger partial charge >= 0.3 is 0 Å². The molecule has 0 aliphatic heterocycles. The van der Waals surface area contributed by atoms with Gasteiger partial charge in [-0.3, -0.25) is 9.36 Å². The quantitative estimate of drug-likeness (QED) is 0.533. The van der Waals surface area contributed by atoms with Crippen molar-refractivity contribution in [3.63, 3.8) is 0 Å². The predicted molar refractivity (Wildman–Crippen MR) is 41.8 cm³/mol. The molecule has 0 amide bonds. The van der Waals surface area contributed by atoms with Crippen LogP contribution in [0, 0.1) is 0 Å². The van der Waals surface area contributed by atoms with Crippen molar-refractivity contribution in [2.45, 2.75) is 6.54 Å². The van der Waals surface area contributed by atoms with E-state index in [9.17, 15) is 4.79 Å². The van der Waals surface area contributed by atoms with E-state index >= 15 is 0 Å². The molecule has 0 radical (unpaired) electrons. The fraction of sp³-hybridized carbons (Fsp3) is 0.333. The molecule has 60 valence electrons. The van der Waals surface area contributed by atoms with Crippen molar-refractivity contribution in [3.05, 3.63) is 22.4 Å². The average Bonchev–Trinajstić information content (AvgIpc) is 2.01. The van der Waals surface area contributed by atoms with Gasteiger partial charge in [0.2, 0.25) is 0 Å². The van der Waals surface area contributed by atoms with Crippen LogP contribution in [0.4, 0.5) is 5.69 Å². The standard InChI is InChI=1S/C6H10N4O/c1-10-5(2-7)9-3-4(8)6(10)11/h3H,2,7-8H2,1H3. The summed E-state index contributed by atoms with van der Waals surface area (Å²) in [6, 6.07) is 0. The molecule has 1 aromatic rings. The van der Waals surface area contributed by atoms with Gasteiger partial charge in [-0.15, -0.1) is 0 Å². The molecular formula is C6H10N4O. The van der Waals surface area contributed by atoms with E-state index < -0.39 is 0 Å². The Labute approximate surface area is 63.7 Å². The Balaban J connectivity index is 3.37. The summed E-state index contributed by atoms with van der Waals surface area (Å²) in [6.07, 6.45) is 1.32. The first-order chi connectivity index (χ1) is 5.16. The van der Waals surface area contributed by atoms with E-state index in [0.29, 0.717) is 5.82 Å². The lowest BCUT2D eigenvalue weighted by atomic mass is 10.5. The molecule has 0 fully saturated rings. The Morgan fingerprint density at radius 2 is 2.36 bits per heavy atom. The van der Waals surface area contributed by atoms with E-state index in [-0.39, 0.29) is 17.8 Å². The zero-order valence-corrected chi connectivity index (χ0v) is 6.24. The van der Waals surface area contributed by atoms with Crippen LogP contribution >= 0.6 is 0 Å². The lowest BCUT2D eigenvalue weighted by Crippen LogP contribution is -2.25. The first-order valence-corrected chi connectivity index (χ1v) is 3.17. The summed E-state index contributed by atoms with van der Waals surface area (Å²) in [5.74, 6) is 0.532. The van der Waals surface area contributed by atoms with Gasteiger partial charge in [-0.1, -0.05) is 0 Å². The molecule has 0 aliphatic rings. The highest BCUT2D eigenvalue weighted by Crippen LogP contribution is 1.91. The molecule has 0 saturated heterocycles. The van der Waals surface area contributed by atoms with Crippen LogP contribution in [-0.2, 0) is 13.6 Å². The maximum atomic E-state index is 11.1. The Morgan fingerprint density at radius 1 is 1.73 bits per heavy atom. The number of nitrogens with zero attached hydrogens (tertiary/aromatic N) is 2. The van der Waals surface area contributed by atoms with Crippen LogP contribution in [-0.4, -0.2) is 9.55 Å². The van der Waals surface area contributed by atoms with Gasteiger partial charge in [0.1, 0.15) is 11.5 Å². The Kier molecular flexibility index (Phi) is 1.91. The van der Waals surface area contributed by atoms with Crippen molar-refractivity contribution in [1.29, 1.82) is 0 Å². The molecule has 0 atom stereocenters. The van der Waals surface area contributed by atoms with Gasteiger partial charge in [-0.25, -0.2) is 4.98 Å². The molecule has 0 aromatic carbocycles. The highest BCUT2D eigenvalue weighted by Gasteiger charge is 2.01. The largest absolute Gasteiger partial charge is 0.393 e. The summed E-state index contributed by atoms with van der Waals surface area (Å²) < 4.78 is 1.34. The summed E-state index contributed by atoms with van der Waals surface area (Å²) in [7, 11) is 1.59. The van der Waals surface area contributed by atoms with E-state index in [2.05, 4.69) is 4.98 Å². The number of rotatable bonds is 1. The Morgan fingerprint density at radius 3 is 2.91 bits per heavy atom. The van der Waals surface area contributed by atoms with E-state index in [1.165, 1.54) is 10.8 Å². The first kappa shape index (κ1) is 7.74. The SMILES string of the molecule is Cn1c(CN)ncc(N)c1=O. The van der Waals surface area contributed by atoms with Crippen molar-refractivity contribution < 1.29 is 0 Å². The van der Waals surface area contributed by atoms with Crippen molar-refractivity contribution in [3.8, 4) is 0 Å². The molecule has 0 aliphatic carbocycles. The lowest BCUT2D eigenvalue weighted by Gasteiger charge is -2.03. The van der Waals surface area contributed by atoms with E-state index in [4.69, 9.17) is 11.5 Å². The fourth-order valence-electron chi connectivity index (χ4n) is 0.786. The van der Waals surface area contributed by atoms with Crippen LogP contribution in [0.25, 0.3) is 0 Å². The zero-order chi connectivity index (χ0) is 8.43. The third kappa shape index (κ3) is 1.22. The summed E-state index contributed by atoms with van der Waals surface area (Å²) in [6.45, 7) is 0.242. The number of aromatic nitrogens is 2. The molecule has 0 saturated carbocycles. The topological polar surface area (TPSA) is 86.9 Å². The summed E-state index contributed by atoms with van der Waals surface area (Å²) in [4.78, 5) is 15.0. The predicted octanol–water partition coefficient (Wildman–Crippen LogP) is -1.18. The Hall–Kier alpha value is -1.36. The third-order valence-corrected chi connectivity index (χ3v) is 1.47. The van der Waals surface area contributed by atoms with Crippen LogP contribution in [0.1, 0.15) is 5.82 Å². The fourth-order valence-corrected chi connectivity index (χ4v) is 0.786. The number of hydrogen-bond acceptors (Lipinski definition) is 4. The van der Waals surface area contributed by atoms with Crippen LogP contribution < -0.4 is 17.0 Å². The second-order valence-corrected chi connectivity index (χ2v) is 2.20. The summed E-state index contributed by atoms with van der Waals surface area (Å²) in [5, 5.41) is 0. The molecule has 1 aromatic heterocycles. The van der Waals surface area contributed by atoms with Gasteiger partial charge in [0.05, 0.1) is 12.7 Å². The highest BCUT2D eigenvalue weighted by molar-refractivity contribution is 5.31. The molecule has 0 bridgehead atoms. The average molecular weight is 154 g/mol. The molecule has 1 heterocycles. The molecule has 5 heteroatoms. The minimum Gasteiger partial charge on any atom is -0.393 e. The number of anilines is 1. The molecular weight excluding hydrogens is 144 g/mol. The maximum absolute atomic E-state index is 11.1. The van der Waals surface area contributed by atoms with Gasteiger partial charge in [0.25, 0.3) is 5.56 Å². The molecule has 1 rings (SSSR count). The number of hydrogen-bond donors (Lipinski definition) is 2. The van der Waals surface area contributed by atoms with Crippen LogP contribution in [0.5, 0.6) is 0 Å². The van der Waals surface area contributed by atoms with Crippen LogP contribution in [0.2, 0.25) is 0 Å². The van der Waals surface area contributed by atoms with E-state index in [0.717, 1.165) is 0 Å². The maximum Gasteiger partial charge on any atom is 0.276 e. The van der Waals surface area contributed by atoms with Crippen molar-refractivity contribution in [1.82, 2.24) is 9.55 Å². The second kappa shape index (κ2) is 2.71. The van der Waals surface area contributed by atoms with E-state index in [1.807, 2.05) is 0 Å². The molecule has 4 N–H and O–H groups in total. The van der Waals surface area contributed by atoms with Crippen LogP contribution in [0.15, 0.2) is 11.0 Å². The van der Waals surface area contributed by atoms with Crippen LogP contribution in [0.3, 0.4) is 0 Å².